The Kier molecular flexibility index (Phi) is 2.65. The molecule has 4 atom stereocenters. The molecule has 2 fully saturated rings. The molecule has 2 amide bonds. The highest BCUT2D eigenvalue weighted by Gasteiger charge is 2.72. The van der Waals surface area contributed by atoms with Crippen molar-refractivity contribution in [3.05, 3.63) is 41.4 Å². The molecule has 22 heavy (non-hydrogen) atoms. The summed E-state index contributed by atoms with van der Waals surface area (Å²) < 4.78 is 5.86. The van der Waals surface area contributed by atoms with E-state index in [2.05, 4.69) is 0 Å². The molecule has 5 nitrogen and oxygen atoms in total. The van der Waals surface area contributed by atoms with E-state index in [1.54, 1.807) is 43.3 Å². The van der Waals surface area contributed by atoms with Crippen LogP contribution in [0.1, 0.15) is 6.92 Å². The van der Waals surface area contributed by atoms with E-state index in [4.69, 9.17) is 16.3 Å². The van der Waals surface area contributed by atoms with E-state index in [0.717, 1.165) is 0 Å². The number of halogens is 1. The van der Waals surface area contributed by atoms with Gasteiger partial charge in [-0.3, -0.25) is 9.59 Å². The predicted octanol–water partition coefficient (Wildman–Crippen LogP) is 1.54. The average Bonchev–Trinajstić information content (AvgIpc) is 3.05. The normalized spacial score (nSPS) is 39.0. The van der Waals surface area contributed by atoms with Gasteiger partial charge in [-0.15, -0.1) is 0 Å². The monoisotopic (exact) mass is 319 g/mol. The molecule has 1 N–H and O–H groups in total. The fraction of sp³-hybridized carbons (Fsp3) is 0.375. The second-order valence-electron chi connectivity index (χ2n) is 6.18. The van der Waals surface area contributed by atoms with E-state index < -0.39 is 23.0 Å². The second kappa shape index (κ2) is 4.19. The Morgan fingerprint density at radius 2 is 2.00 bits per heavy atom. The van der Waals surface area contributed by atoms with E-state index in [1.807, 2.05) is 0 Å². The molecule has 114 valence electrons. The highest BCUT2D eigenvalue weighted by atomic mass is 35.5. The number of rotatable bonds is 2. The van der Waals surface area contributed by atoms with Gasteiger partial charge in [0.05, 0.1) is 29.7 Å². The summed E-state index contributed by atoms with van der Waals surface area (Å²) in [5, 5.41) is 10.2. The number of amides is 2. The van der Waals surface area contributed by atoms with Gasteiger partial charge in [-0.05, 0) is 25.1 Å². The van der Waals surface area contributed by atoms with Gasteiger partial charge in [-0.2, -0.15) is 0 Å². The van der Waals surface area contributed by atoms with Crippen molar-refractivity contribution in [1.29, 1.82) is 0 Å². The van der Waals surface area contributed by atoms with E-state index in [-0.39, 0.29) is 18.4 Å². The van der Waals surface area contributed by atoms with E-state index in [1.165, 1.54) is 4.90 Å². The van der Waals surface area contributed by atoms with Crippen molar-refractivity contribution in [2.45, 2.75) is 18.1 Å². The first-order valence-electron chi connectivity index (χ1n) is 7.07. The predicted molar refractivity (Wildman–Crippen MR) is 79.4 cm³/mol. The minimum Gasteiger partial charge on any atom is -0.393 e. The maximum Gasteiger partial charge on any atom is 0.241 e. The molecule has 0 unspecified atom stereocenters. The molecule has 0 aromatic heterocycles. The van der Waals surface area contributed by atoms with Crippen molar-refractivity contribution in [2.24, 2.45) is 11.8 Å². The third kappa shape index (κ3) is 1.51. The average molecular weight is 320 g/mol. The molecule has 0 radical (unpaired) electrons. The summed E-state index contributed by atoms with van der Waals surface area (Å²) in [6, 6.07) is 6.64. The van der Waals surface area contributed by atoms with Gasteiger partial charge in [-0.25, -0.2) is 4.90 Å². The highest BCUT2D eigenvalue weighted by molar-refractivity contribution is 6.31. The molecule has 1 aromatic rings. The molecule has 0 saturated carbocycles. The van der Waals surface area contributed by atoms with Crippen LogP contribution in [0.4, 0.5) is 5.69 Å². The zero-order valence-corrected chi connectivity index (χ0v) is 12.6. The molecule has 3 aliphatic heterocycles. The van der Waals surface area contributed by atoms with Crippen LogP contribution in [-0.2, 0) is 14.3 Å². The molecule has 3 heterocycles. The van der Waals surface area contributed by atoms with Gasteiger partial charge in [0.15, 0.2) is 0 Å². The molecule has 6 heteroatoms. The van der Waals surface area contributed by atoms with Gasteiger partial charge in [0, 0.05) is 5.02 Å². The van der Waals surface area contributed by atoms with Crippen molar-refractivity contribution in [3.8, 4) is 0 Å². The lowest BCUT2D eigenvalue weighted by Gasteiger charge is -2.26. The van der Waals surface area contributed by atoms with Crippen molar-refractivity contribution < 1.29 is 19.4 Å². The van der Waals surface area contributed by atoms with Crippen LogP contribution in [0.5, 0.6) is 0 Å². The van der Waals surface area contributed by atoms with Gasteiger partial charge in [0.25, 0.3) is 0 Å². The molecular formula is C16H14ClNO4. The lowest BCUT2D eigenvalue weighted by molar-refractivity contribution is -0.131. The summed E-state index contributed by atoms with van der Waals surface area (Å²) >= 11 is 5.96. The molecule has 0 spiro atoms. The van der Waals surface area contributed by atoms with Crippen LogP contribution in [0, 0.1) is 11.8 Å². The smallest absolute Gasteiger partial charge is 0.241 e. The maximum atomic E-state index is 12.8. The Bertz CT molecular complexity index is 733. The first-order chi connectivity index (χ1) is 10.4. The van der Waals surface area contributed by atoms with Crippen LogP contribution >= 0.6 is 11.6 Å². The zero-order valence-electron chi connectivity index (χ0n) is 11.8. The summed E-state index contributed by atoms with van der Waals surface area (Å²) in [6.45, 7) is 1.45. The molecule has 4 rings (SSSR count). The number of anilines is 1. The zero-order chi connectivity index (χ0) is 15.7. The summed E-state index contributed by atoms with van der Waals surface area (Å²) in [5.41, 5.74) is -1.50. The van der Waals surface area contributed by atoms with Gasteiger partial charge >= 0.3 is 0 Å². The lowest BCUT2D eigenvalue weighted by atomic mass is 9.73. The Balaban J connectivity index is 1.82. The van der Waals surface area contributed by atoms with E-state index in [9.17, 15) is 14.7 Å². The summed E-state index contributed by atoms with van der Waals surface area (Å²) in [7, 11) is 0. The number of aliphatic hydroxyl groups is 1. The van der Waals surface area contributed by atoms with Gasteiger partial charge in [0.2, 0.25) is 11.8 Å². The van der Waals surface area contributed by atoms with Crippen LogP contribution < -0.4 is 4.90 Å². The molecule has 3 aliphatic rings. The largest absolute Gasteiger partial charge is 0.393 e. The third-order valence-corrected chi connectivity index (χ3v) is 5.11. The quantitative estimate of drug-likeness (QED) is 0.663. The summed E-state index contributed by atoms with van der Waals surface area (Å²) in [4.78, 5) is 26.8. The van der Waals surface area contributed by atoms with Crippen LogP contribution in [-0.4, -0.2) is 34.7 Å². The van der Waals surface area contributed by atoms with Crippen molar-refractivity contribution in [1.82, 2.24) is 0 Å². The summed E-state index contributed by atoms with van der Waals surface area (Å²) in [6.07, 6.45) is 3.48. The van der Waals surface area contributed by atoms with E-state index in [0.29, 0.717) is 10.7 Å². The minimum atomic E-state index is -1.10. The fourth-order valence-corrected chi connectivity index (χ4v) is 4.10. The van der Waals surface area contributed by atoms with Crippen molar-refractivity contribution >= 4 is 29.1 Å². The number of imide groups is 1. The molecule has 2 saturated heterocycles. The van der Waals surface area contributed by atoms with Gasteiger partial charge < -0.3 is 9.84 Å². The van der Waals surface area contributed by atoms with Crippen LogP contribution in [0.25, 0.3) is 0 Å². The number of ether oxygens (including phenoxy) is 1. The van der Waals surface area contributed by atoms with Crippen molar-refractivity contribution in [3.63, 3.8) is 0 Å². The van der Waals surface area contributed by atoms with Gasteiger partial charge in [0.1, 0.15) is 5.60 Å². The number of nitrogens with zero attached hydrogens (tertiary/aromatic N) is 1. The second-order valence-corrected chi connectivity index (χ2v) is 6.62. The highest BCUT2D eigenvalue weighted by Crippen LogP contribution is 2.57. The number of hydrogen-bond donors (Lipinski definition) is 1. The number of hydrogen-bond acceptors (Lipinski definition) is 4. The molecular weight excluding hydrogens is 306 g/mol. The minimum absolute atomic E-state index is 0.306. The third-order valence-electron chi connectivity index (χ3n) is 4.87. The number of carbonyl (C=O) groups is 2. The molecule has 0 aliphatic carbocycles. The number of carbonyl (C=O) groups excluding carboxylic acids is 2. The Morgan fingerprint density at radius 3 is 2.68 bits per heavy atom. The Morgan fingerprint density at radius 1 is 1.27 bits per heavy atom. The standard InChI is InChI=1S/C16H14ClNO4/c1-15-5-6-16(8-19,22-15)12-11(15)13(20)18(14(12)21)10-4-2-3-9(17)7-10/h2-7,11-12,19H,8H2,1H3/t11-,12-,15-,16-/m0/s1. The van der Waals surface area contributed by atoms with E-state index >= 15 is 0 Å². The van der Waals surface area contributed by atoms with Crippen LogP contribution in [0.3, 0.4) is 0 Å². The van der Waals surface area contributed by atoms with Crippen molar-refractivity contribution in [2.75, 3.05) is 11.5 Å². The molecule has 2 bridgehead atoms. The van der Waals surface area contributed by atoms with Gasteiger partial charge in [-0.1, -0.05) is 29.8 Å². The topological polar surface area (TPSA) is 66.8 Å². The number of benzene rings is 1. The Labute approximate surface area is 132 Å². The summed E-state index contributed by atoms with van der Waals surface area (Å²) in [5.74, 6) is -1.96. The number of aliphatic hydroxyl groups excluding tert-OH is 1. The molecule has 1 aromatic carbocycles. The lowest BCUT2D eigenvalue weighted by Crippen LogP contribution is -2.43. The fourth-order valence-electron chi connectivity index (χ4n) is 3.91. The van der Waals surface area contributed by atoms with Crippen LogP contribution in [0.15, 0.2) is 36.4 Å². The first-order valence-corrected chi connectivity index (χ1v) is 7.44. The Hall–Kier alpha value is -1.69. The first kappa shape index (κ1) is 13.9. The SMILES string of the molecule is C[C@@]12C=C[C@@](CO)(O1)[C@@H]1C(=O)N(c3cccc(Cl)c3)C(=O)[C@H]12. The van der Waals surface area contributed by atoms with Crippen LogP contribution in [0.2, 0.25) is 5.02 Å². The maximum absolute atomic E-state index is 12.8. The number of fused-ring (bicyclic) bond motifs is 5.